The second kappa shape index (κ2) is 7.24. The van der Waals surface area contributed by atoms with Gasteiger partial charge in [-0.1, -0.05) is 51.5 Å². The van der Waals surface area contributed by atoms with Gasteiger partial charge in [-0.25, -0.2) is 0 Å². The Labute approximate surface area is 124 Å². The van der Waals surface area contributed by atoms with E-state index in [1.54, 1.807) is 0 Å². The highest BCUT2D eigenvalue weighted by Crippen LogP contribution is 2.38. The topological polar surface area (TPSA) is 23.5 Å². The molecule has 1 aromatic carbocycles. The first-order valence-electron chi connectivity index (χ1n) is 7.97. The fourth-order valence-electron chi connectivity index (χ4n) is 3.45. The van der Waals surface area contributed by atoms with E-state index >= 15 is 0 Å². The summed E-state index contributed by atoms with van der Waals surface area (Å²) in [6.45, 7) is 14.9. The maximum absolute atomic E-state index is 11.1. The molecule has 2 nitrogen and oxygen atoms in total. The van der Waals surface area contributed by atoms with Gasteiger partial charge in [0.2, 0.25) is 0 Å². The minimum Gasteiger partial charge on any atom is -0.386 e. The molecule has 1 aromatic rings. The molecule has 1 atom stereocenters. The molecule has 114 valence electrons. The van der Waals surface area contributed by atoms with Gasteiger partial charge in [-0.2, -0.15) is 0 Å². The molecule has 0 radical (unpaired) electrons. The highest BCUT2D eigenvalue weighted by atomic mass is 16.3. The van der Waals surface area contributed by atoms with E-state index < -0.39 is 6.10 Å². The first kappa shape index (κ1) is 17.2. The lowest BCUT2D eigenvalue weighted by molar-refractivity contribution is -0.0369. The van der Waals surface area contributed by atoms with Crippen molar-refractivity contribution in [3.63, 3.8) is 0 Å². The Morgan fingerprint density at radius 1 is 1.05 bits per heavy atom. The number of nitrogens with zero attached hydrogens (tertiary/aromatic N) is 1. The zero-order chi connectivity index (χ0) is 15.3. The van der Waals surface area contributed by atoms with E-state index in [4.69, 9.17) is 0 Å². The Morgan fingerprint density at radius 3 is 2.05 bits per heavy atom. The monoisotopic (exact) mass is 277 g/mol. The van der Waals surface area contributed by atoms with Crippen LogP contribution in [0.25, 0.3) is 0 Å². The number of hydrogen-bond acceptors (Lipinski definition) is 2. The van der Waals surface area contributed by atoms with Crippen LogP contribution in [-0.2, 0) is 0 Å². The van der Waals surface area contributed by atoms with Gasteiger partial charge in [0.15, 0.2) is 0 Å². The van der Waals surface area contributed by atoms with Gasteiger partial charge in [-0.3, -0.25) is 4.90 Å². The molecular formula is C18H31NO. The van der Waals surface area contributed by atoms with Crippen molar-refractivity contribution in [1.29, 1.82) is 0 Å². The number of hydrogen-bond donors (Lipinski definition) is 1. The van der Waals surface area contributed by atoms with Crippen LogP contribution in [0.5, 0.6) is 0 Å². The van der Waals surface area contributed by atoms with Crippen LogP contribution in [0.1, 0.15) is 63.3 Å². The first-order valence-corrected chi connectivity index (χ1v) is 7.97. The number of aryl methyl sites for hydroxylation is 2. The first-order chi connectivity index (χ1) is 9.46. The lowest BCUT2D eigenvalue weighted by Crippen LogP contribution is -2.52. The van der Waals surface area contributed by atoms with Gasteiger partial charge in [-0.15, -0.1) is 0 Å². The van der Waals surface area contributed by atoms with Gasteiger partial charge in [0, 0.05) is 0 Å². The average molecular weight is 277 g/mol. The van der Waals surface area contributed by atoms with Crippen LogP contribution in [0, 0.1) is 13.8 Å². The van der Waals surface area contributed by atoms with E-state index in [0.29, 0.717) is 0 Å². The summed E-state index contributed by atoms with van der Waals surface area (Å²) in [5, 5.41) is 11.1. The van der Waals surface area contributed by atoms with Crippen molar-refractivity contribution in [2.75, 3.05) is 13.1 Å². The minimum absolute atomic E-state index is 0.165. The molecule has 0 fully saturated rings. The van der Waals surface area contributed by atoms with Crippen molar-refractivity contribution in [3.8, 4) is 0 Å². The standard InChI is InChI=1S/C18H31NO/c1-7-18(8-2,19(9-3)10-4)17(20)16-13-14(5)11-12-15(16)6/h11-13,17,20H,7-10H2,1-6H3. The summed E-state index contributed by atoms with van der Waals surface area (Å²) in [5.41, 5.74) is 3.31. The fourth-order valence-corrected chi connectivity index (χ4v) is 3.45. The van der Waals surface area contributed by atoms with Crippen LogP contribution < -0.4 is 0 Å². The lowest BCUT2D eigenvalue weighted by atomic mass is 9.79. The number of likely N-dealkylation sites (N-methyl/N-ethyl adjacent to an activating group) is 1. The van der Waals surface area contributed by atoms with Crippen LogP contribution in [0.2, 0.25) is 0 Å². The lowest BCUT2D eigenvalue weighted by Gasteiger charge is -2.46. The van der Waals surface area contributed by atoms with Crippen LogP contribution in [0.15, 0.2) is 18.2 Å². The van der Waals surface area contributed by atoms with Crippen molar-refractivity contribution in [3.05, 3.63) is 34.9 Å². The SMILES string of the molecule is CCN(CC)C(CC)(CC)C(O)c1cc(C)ccc1C. The largest absolute Gasteiger partial charge is 0.386 e. The van der Waals surface area contributed by atoms with Gasteiger partial charge in [0.25, 0.3) is 0 Å². The van der Waals surface area contributed by atoms with E-state index in [9.17, 15) is 5.11 Å². The van der Waals surface area contributed by atoms with E-state index in [1.165, 1.54) is 11.1 Å². The molecule has 1 rings (SSSR count). The summed E-state index contributed by atoms with van der Waals surface area (Å²) >= 11 is 0. The molecular weight excluding hydrogens is 246 g/mol. The zero-order valence-electron chi connectivity index (χ0n) is 14.0. The number of rotatable bonds is 7. The highest BCUT2D eigenvalue weighted by Gasteiger charge is 2.40. The third-order valence-electron chi connectivity index (χ3n) is 4.86. The van der Waals surface area contributed by atoms with E-state index in [1.807, 2.05) is 0 Å². The molecule has 0 aliphatic heterocycles. The molecule has 0 aromatic heterocycles. The van der Waals surface area contributed by atoms with E-state index in [0.717, 1.165) is 31.5 Å². The van der Waals surface area contributed by atoms with Gasteiger partial charge in [0.05, 0.1) is 11.6 Å². The number of benzene rings is 1. The minimum atomic E-state index is -0.433. The maximum Gasteiger partial charge on any atom is 0.0976 e. The summed E-state index contributed by atoms with van der Waals surface area (Å²) in [6.07, 6.45) is 1.48. The molecule has 0 spiro atoms. The van der Waals surface area contributed by atoms with Crippen LogP contribution in [-0.4, -0.2) is 28.6 Å². The Kier molecular flexibility index (Phi) is 6.22. The predicted molar refractivity (Wildman–Crippen MR) is 87.1 cm³/mol. The van der Waals surface area contributed by atoms with E-state index in [-0.39, 0.29) is 5.54 Å². The summed E-state index contributed by atoms with van der Waals surface area (Å²) in [7, 11) is 0. The molecule has 2 heteroatoms. The summed E-state index contributed by atoms with van der Waals surface area (Å²) in [6, 6.07) is 6.37. The summed E-state index contributed by atoms with van der Waals surface area (Å²) in [4.78, 5) is 2.42. The highest BCUT2D eigenvalue weighted by molar-refractivity contribution is 5.34. The Bertz CT molecular complexity index is 419. The van der Waals surface area contributed by atoms with Crippen molar-refractivity contribution >= 4 is 0 Å². The quantitative estimate of drug-likeness (QED) is 0.806. The summed E-state index contributed by atoms with van der Waals surface area (Å²) in [5.74, 6) is 0. The van der Waals surface area contributed by atoms with E-state index in [2.05, 4.69) is 64.6 Å². The Balaban J connectivity index is 3.29. The third-order valence-corrected chi connectivity index (χ3v) is 4.86. The molecule has 1 N–H and O–H groups in total. The van der Waals surface area contributed by atoms with Gasteiger partial charge < -0.3 is 5.11 Å². The Morgan fingerprint density at radius 2 is 1.60 bits per heavy atom. The molecule has 0 bridgehead atoms. The molecule has 0 amide bonds. The Hall–Kier alpha value is -0.860. The molecule has 20 heavy (non-hydrogen) atoms. The molecule has 0 saturated heterocycles. The van der Waals surface area contributed by atoms with Crippen molar-refractivity contribution in [1.82, 2.24) is 4.90 Å². The molecule has 0 heterocycles. The normalized spacial score (nSPS) is 13.8. The molecule has 0 aliphatic rings. The van der Waals surface area contributed by atoms with Gasteiger partial charge in [0.1, 0.15) is 0 Å². The average Bonchev–Trinajstić information content (AvgIpc) is 2.46. The van der Waals surface area contributed by atoms with Gasteiger partial charge in [-0.05, 0) is 50.9 Å². The van der Waals surface area contributed by atoms with Crippen LogP contribution in [0.4, 0.5) is 0 Å². The van der Waals surface area contributed by atoms with Crippen LogP contribution >= 0.6 is 0 Å². The molecule has 1 unspecified atom stereocenters. The maximum atomic E-state index is 11.1. The van der Waals surface area contributed by atoms with Gasteiger partial charge >= 0.3 is 0 Å². The molecule has 0 aliphatic carbocycles. The number of aliphatic hydroxyl groups is 1. The molecule has 0 saturated carbocycles. The predicted octanol–water partition coefficient (Wildman–Crippen LogP) is 4.24. The van der Waals surface area contributed by atoms with Crippen molar-refractivity contribution in [2.24, 2.45) is 0 Å². The fraction of sp³-hybridized carbons (Fsp3) is 0.667. The number of aliphatic hydroxyl groups excluding tert-OH is 1. The van der Waals surface area contributed by atoms with Crippen molar-refractivity contribution in [2.45, 2.75) is 66.0 Å². The third kappa shape index (κ3) is 3.07. The smallest absolute Gasteiger partial charge is 0.0976 e. The van der Waals surface area contributed by atoms with Crippen LogP contribution in [0.3, 0.4) is 0 Å². The van der Waals surface area contributed by atoms with Crippen molar-refractivity contribution < 1.29 is 5.11 Å². The zero-order valence-corrected chi connectivity index (χ0v) is 14.0. The second-order valence-electron chi connectivity index (χ2n) is 5.75. The summed E-state index contributed by atoms with van der Waals surface area (Å²) < 4.78 is 0. The second-order valence-corrected chi connectivity index (χ2v) is 5.75.